The Hall–Kier alpha value is -3.67. The monoisotopic (exact) mass is 418 g/mol. The Morgan fingerprint density at radius 3 is 2.23 bits per heavy atom. The van der Waals surface area contributed by atoms with Crippen LogP contribution in [0.25, 0.3) is 0 Å². The van der Waals surface area contributed by atoms with Gasteiger partial charge in [-0.3, -0.25) is 14.4 Å². The summed E-state index contributed by atoms with van der Waals surface area (Å²) in [7, 11) is 0. The average Bonchev–Trinajstić information content (AvgIpc) is 2.75. The number of hydrogen-bond acceptors (Lipinski definition) is 4. The minimum absolute atomic E-state index is 0.0246. The second kappa shape index (κ2) is 10.4. The molecule has 3 rings (SSSR count). The fourth-order valence-electron chi connectivity index (χ4n) is 3.27. The van der Waals surface area contributed by atoms with Crippen molar-refractivity contribution in [3.63, 3.8) is 0 Å². The summed E-state index contributed by atoms with van der Waals surface area (Å²) in [6.07, 6.45) is 1.37. The van der Waals surface area contributed by atoms with Crippen LogP contribution in [0, 0.1) is 0 Å². The van der Waals surface area contributed by atoms with E-state index in [0.717, 1.165) is 11.1 Å². The van der Waals surface area contributed by atoms with Crippen LogP contribution in [0.2, 0.25) is 0 Å². The fraction of sp³-hybridized carbons (Fsp3) is 0.240. The van der Waals surface area contributed by atoms with Crippen molar-refractivity contribution in [2.75, 3.05) is 0 Å². The number of nitrogens with one attached hydrogen (secondary N) is 1. The predicted molar refractivity (Wildman–Crippen MR) is 119 cm³/mol. The molecular formula is C25H26N2O4. The number of carbonyl (C=O) groups excluding carboxylic acids is 2. The summed E-state index contributed by atoms with van der Waals surface area (Å²) in [6.45, 7) is 3.91. The van der Waals surface area contributed by atoms with Gasteiger partial charge in [0, 0.05) is 6.20 Å². The van der Waals surface area contributed by atoms with E-state index in [1.807, 2.05) is 60.7 Å². The third kappa shape index (κ3) is 6.15. The van der Waals surface area contributed by atoms with Gasteiger partial charge in [-0.25, -0.2) is 0 Å². The maximum absolute atomic E-state index is 13.0. The van der Waals surface area contributed by atoms with Crippen molar-refractivity contribution in [2.45, 2.75) is 39.0 Å². The molecule has 1 heterocycles. The lowest BCUT2D eigenvalue weighted by atomic mass is 10.0. The number of pyridine rings is 1. The van der Waals surface area contributed by atoms with Gasteiger partial charge in [0.2, 0.25) is 0 Å². The number of hydrogen-bond donors (Lipinski definition) is 1. The molecule has 0 radical (unpaired) electrons. The second-order valence-electron chi connectivity index (χ2n) is 7.52. The minimum Gasteiger partial charge on any atom is -0.463 e. The first-order valence-corrected chi connectivity index (χ1v) is 10.2. The van der Waals surface area contributed by atoms with E-state index in [9.17, 15) is 14.4 Å². The van der Waals surface area contributed by atoms with Crippen LogP contribution >= 0.6 is 0 Å². The van der Waals surface area contributed by atoms with Crippen molar-refractivity contribution >= 4 is 11.9 Å². The normalized spacial score (nSPS) is 11.7. The molecule has 0 aliphatic heterocycles. The van der Waals surface area contributed by atoms with E-state index < -0.39 is 17.9 Å². The van der Waals surface area contributed by atoms with E-state index in [-0.39, 0.29) is 23.6 Å². The average molecular weight is 418 g/mol. The summed E-state index contributed by atoms with van der Waals surface area (Å²) in [5.74, 6) is -0.947. The molecule has 1 N–H and O–H groups in total. The molecule has 6 heteroatoms. The zero-order valence-corrected chi connectivity index (χ0v) is 17.7. The molecule has 0 spiro atoms. The van der Waals surface area contributed by atoms with Crippen LogP contribution in [0.1, 0.15) is 47.8 Å². The van der Waals surface area contributed by atoms with Gasteiger partial charge in [0.15, 0.2) is 0 Å². The van der Waals surface area contributed by atoms with E-state index in [2.05, 4.69) is 5.32 Å². The number of ether oxygens (including phenoxy) is 1. The highest BCUT2D eigenvalue weighted by Crippen LogP contribution is 2.18. The highest BCUT2D eigenvalue weighted by atomic mass is 16.5. The second-order valence-corrected chi connectivity index (χ2v) is 7.52. The van der Waals surface area contributed by atoms with Gasteiger partial charge < -0.3 is 14.6 Å². The summed E-state index contributed by atoms with van der Waals surface area (Å²) >= 11 is 0. The number of esters is 1. The van der Waals surface area contributed by atoms with E-state index in [1.165, 1.54) is 10.6 Å². The van der Waals surface area contributed by atoms with Crippen molar-refractivity contribution in [1.29, 1.82) is 0 Å². The minimum atomic E-state index is -0.609. The number of nitrogens with zero attached hydrogens (tertiary/aromatic N) is 1. The van der Waals surface area contributed by atoms with E-state index >= 15 is 0 Å². The highest BCUT2D eigenvalue weighted by molar-refractivity contribution is 5.94. The lowest BCUT2D eigenvalue weighted by Gasteiger charge is -2.19. The molecule has 6 nitrogen and oxygen atoms in total. The van der Waals surface area contributed by atoms with Crippen LogP contribution in [-0.2, 0) is 16.1 Å². The Morgan fingerprint density at radius 2 is 1.58 bits per heavy atom. The number of carbonyl (C=O) groups is 2. The first kappa shape index (κ1) is 22.0. The van der Waals surface area contributed by atoms with E-state index in [1.54, 1.807) is 26.1 Å². The van der Waals surface area contributed by atoms with Crippen LogP contribution in [0.3, 0.4) is 0 Å². The van der Waals surface area contributed by atoms with E-state index in [0.29, 0.717) is 6.54 Å². The molecule has 160 valence electrons. The topological polar surface area (TPSA) is 77.4 Å². The number of rotatable bonds is 8. The van der Waals surface area contributed by atoms with Gasteiger partial charge in [-0.1, -0.05) is 60.7 Å². The molecule has 1 atom stereocenters. The fourth-order valence-corrected chi connectivity index (χ4v) is 3.27. The Labute approximate surface area is 181 Å². The molecule has 1 aromatic heterocycles. The van der Waals surface area contributed by atoms with Gasteiger partial charge in [-0.2, -0.15) is 0 Å². The van der Waals surface area contributed by atoms with Crippen LogP contribution in [-0.4, -0.2) is 22.5 Å². The van der Waals surface area contributed by atoms with Crippen LogP contribution in [0.5, 0.6) is 0 Å². The Balaban J connectivity index is 1.82. The molecule has 1 amide bonds. The van der Waals surface area contributed by atoms with Crippen LogP contribution < -0.4 is 10.9 Å². The van der Waals surface area contributed by atoms with Gasteiger partial charge in [0.1, 0.15) is 5.56 Å². The van der Waals surface area contributed by atoms with Crippen LogP contribution in [0.15, 0.2) is 83.8 Å². The van der Waals surface area contributed by atoms with Crippen LogP contribution in [0.4, 0.5) is 0 Å². The molecule has 0 saturated carbocycles. The zero-order chi connectivity index (χ0) is 22.2. The molecule has 0 aliphatic carbocycles. The van der Waals surface area contributed by atoms with Crippen molar-refractivity contribution in [3.8, 4) is 0 Å². The quantitative estimate of drug-likeness (QED) is 0.566. The largest absolute Gasteiger partial charge is 0.463 e. The number of aromatic nitrogens is 1. The maximum atomic E-state index is 13.0. The van der Waals surface area contributed by atoms with Gasteiger partial charge in [0.25, 0.3) is 11.5 Å². The van der Waals surface area contributed by atoms with E-state index in [4.69, 9.17) is 4.74 Å². The smallest absolute Gasteiger partial charge is 0.308 e. The summed E-state index contributed by atoms with van der Waals surface area (Å²) in [5.41, 5.74) is 1.36. The maximum Gasteiger partial charge on any atom is 0.308 e. The molecule has 0 aliphatic rings. The number of benzene rings is 2. The third-order valence-corrected chi connectivity index (χ3v) is 4.71. The zero-order valence-electron chi connectivity index (χ0n) is 17.7. The lowest BCUT2D eigenvalue weighted by Crippen LogP contribution is -2.36. The first-order chi connectivity index (χ1) is 14.9. The van der Waals surface area contributed by atoms with Gasteiger partial charge >= 0.3 is 5.97 Å². The summed E-state index contributed by atoms with van der Waals surface area (Å²) in [6, 6.07) is 21.3. The van der Waals surface area contributed by atoms with Crippen molar-refractivity contribution in [2.24, 2.45) is 0 Å². The molecule has 0 saturated heterocycles. The van der Waals surface area contributed by atoms with Crippen molar-refractivity contribution in [1.82, 2.24) is 9.88 Å². The van der Waals surface area contributed by atoms with Gasteiger partial charge in [-0.05, 0) is 37.1 Å². The standard InChI is InChI=1S/C25H26N2O4/c1-18(2)31-23(28)16-22(20-12-7-4-8-13-20)26-24(29)21-14-9-15-27(25(21)30)17-19-10-5-3-6-11-19/h3-15,18,22H,16-17H2,1-2H3,(H,26,29). The molecular weight excluding hydrogens is 392 g/mol. The predicted octanol–water partition coefficient (Wildman–Crippen LogP) is 3.71. The molecule has 0 fully saturated rings. The Kier molecular flexibility index (Phi) is 7.38. The summed E-state index contributed by atoms with van der Waals surface area (Å²) in [5, 5.41) is 2.83. The first-order valence-electron chi connectivity index (χ1n) is 10.2. The van der Waals surface area contributed by atoms with Gasteiger partial charge in [0.05, 0.1) is 25.1 Å². The number of amides is 1. The van der Waals surface area contributed by atoms with Crippen molar-refractivity contribution in [3.05, 3.63) is 106 Å². The van der Waals surface area contributed by atoms with Crippen molar-refractivity contribution < 1.29 is 14.3 Å². The highest BCUT2D eigenvalue weighted by Gasteiger charge is 2.22. The molecule has 31 heavy (non-hydrogen) atoms. The Bertz CT molecular complexity index is 1080. The summed E-state index contributed by atoms with van der Waals surface area (Å²) < 4.78 is 6.74. The molecule has 1 unspecified atom stereocenters. The SMILES string of the molecule is CC(C)OC(=O)CC(NC(=O)c1cccn(Cc2ccccc2)c1=O)c1ccccc1. The Morgan fingerprint density at radius 1 is 0.935 bits per heavy atom. The molecule has 0 bridgehead atoms. The molecule has 2 aromatic carbocycles. The van der Waals surface area contributed by atoms with Gasteiger partial charge in [-0.15, -0.1) is 0 Å². The summed E-state index contributed by atoms with van der Waals surface area (Å²) in [4.78, 5) is 38.1. The molecule has 3 aromatic rings. The lowest BCUT2D eigenvalue weighted by molar-refractivity contribution is -0.147. The third-order valence-electron chi connectivity index (χ3n) is 4.71.